The van der Waals surface area contributed by atoms with Crippen molar-refractivity contribution in [2.75, 3.05) is 33.3 Å². The first kappa shape index (κ1) is 25.6. The second-order valence-electron chi connectivity index (χ2n) is 6.58. The van der Waals surface area contributed by atoms with Gasteiger partial charge in [-0.25, -0.2) is 0 Å². The molecule has 0 aliphatic carbocycles. The third-order valence-electron chi connectivity index (χ3n) is 4.05. The lowest BCUT2D eigenvalue weighted by atomic mass is 10.0. The smallest absolute Gasteiger partial charge is 0.251 e. The molecule has 7 heteroatoms. The van der Waals surface area contributed by atoms with Crippen molar-refractivity contribution in [2.45, 2.75) is 40.2 Å². The SMILES string of the molecule is CCOC(CCNC(=NC)NCCNC(=O)c1cccc(C)c1)C(C)C.I. The van der Waals surface area contributed by atoms with Gasteiger partial charge in [0.05, 0.1) is 6.10 Å². The highest BCUT2D eigenvalue weighted by Crippen LogP contribution is 2.09. The molecule has 0 aliphatic heterocycles. The van der Waals surface area contributed by atoms with E-state index < -0.39 is 0 Å². The van der Waals surface area contributed by atoms with Gasteiger partial charge in [0.1, 0.15) is 0 Å². The van der Waals surface area contributed by atoms with Crippen LogP contribution in [-0.2, 0) is 4.74 Å². The van der Waals surface area contributed by atoms with Crippen LogP contribution in [0.2, 0.25) is 0 Å². The van der Waals surface area contributed by atoms with Gasteiger partial charge in [0.25, 0.3) is 5.91 Å². The zero-order valence-corrected chi connectivity index (χ0v) is 19.5. The monoisotopic (exact) mass is 490 g/mol. The summed E-state index contributed by atoms with van der Waals surface area (Å²) in [6.45, 7) is 11.0. The Balaban J connectivity index is 0.00000676. The normalized spacial score (nSPS) is 12.3. The van der Waals surface area contributed by atoms with Crippen LogP contribution in [0.15, 0.2) is 29.3 Å². The van der Waals surface area contributed by atoms with Crippen LogP contribution in [-0.4, -0.2) is 51.3 Å². The second-order valence-corrected chi connectivity index (χ2v) is 6.58. The van der Waals surface area contributed by atoms with Gasteiger partial charge in [-0.2, -0.15) is 0 Å². The number of ether oxygens (including phenoxy) is 1. The molecule has 6 nitrogen and oxygen atoms in total. The van der Waals surface area contributed by atoms with Gasteiger partial charge in [-0.3, -0.25) is 9.79 Å². The quantitative estimate of drug-likeness (QED) is 0.204. The van der Waals surface area contributed by atoms with E-state index >= 15 is 0 Å². The van der Waals surface area contributed by atoms with E-state index in [9.17, 15) is 4.79 Å². The van der Waals surface area contributed by atoms with Crippen molar-refractivity contribution in [2.24, 2.45) is 10.9 Å². The number of benzene rings is 1. The Morgan fingerprint density at radius 1 is 1.15 bits per heavy atom. The highest BCUT2D eigenvalue weighted by atomic mass is 127. The first-order valence-corrected chi connectivity index (χ1v) is 9.38. The summed E-state index contributed by atoms with van der Waals surface area (Å²) < 4.78 is 5.75. The molecule has 0 aliphatic rings. The number of aryl methyl sites for hydroxylation is 1. The van der Waals surface area contributed by atoms with E-state index in [4.69, 9.17) is 4.74 Å². The number of hydrogen-bond donors (Lipinski definition) is 3. The Hall–Kier alpha value is -1.35. The molecule has 154 valence electrons. The molecule has 1 aromatic carbocycles. The predicted molar refractivity (Wildman–Crippen MR) is 123 cm³/mol. The van der Waals surface area contributed by atoms with Gasteiger partial charge in [0.15, 0.2) is 5.96 Å². The summed E-state index contributed by atoms with van der Waals surface area (Å²) in [5, 5.41) is 9.40. The fourth-order valence-corrected chi connectivity index (χ4v) is 2.62. The lowest BCUT2D eigenvalue weighted by molar-refractivity contribution is 0.0258. The van der Waals surface area contributed by atoms with Gasteiger partial charge < -0.3 is 20.7 Å². The van der Waals surface area contributed by atoms with Gasteiger partial charge >= 0.3 is 0 Å². The van der Waals surface area contributed by atoms with Crippen LogP contribution in [0.5, 0.6) is 0 Å². The number of guanidine groups is 1. The Morgan fingerprint density at radius 2 is 1.81 bits per heavy atom. The van der Waals surface area contributed by atoms with Crippen LogP contribution in [0, 0.1) is 12.8 Å². The third-order valence-corrected chi connectivity index (χ3v) is 4.05. The molecule has 0 radical (unpaired) electrons. The summed E-state index contributed by atoms with van der Waals surface area (Å²) in [5.74, 6) is 1.16. The van der Waals surface area contributed by atoms with Crippen LogP contribution in [0.4, 0.5) is 0 Å². The molecular formula is C20H35IN4O2. The summed E-state index contributed by atoms with van der Waals surface area (Å²) in [6, 6.07) is 7.57. The van der Waals surface area contributed by atoms with Crippen molar-refractivity contribution in [1.29, 1.82) is 0 Å². The summed E-state index contributed by atoms with van der Waals surface area (Å²) in [4.78, 5) is 16.3. The zero-order valence-electron chi connectivity index (χ0n) is 17.2. The average Bonchev–Trinajstić information content (AvgIpc) is 2.62. The van der Waals surface area contributed by atoms with Gasteiger partial charge in [-0.05, 0) is 38.3 Å². The Labute approximate surface area is 181 Å². The van der Waals surface area contributed by atoms with Gasteiger partial charge in [-0.1, -0.05) is 31.5 Å². The molecule has 0 aromatic heterocycles. The summed E-state index contributed by atoms with van der Waals surface area (Å²) in [5.41, 5.74) is 1.76. The van der Waals surface area contributed by atoms with Crippen molar-refractivity contribution >= 4 is 35.8 Å². The van der Waals surface area contributed by atoms with E-state index in [-0.39, 0.29) is 36.0 Å². The molecule has 1 unspecified atom stereocenters. The maximum atomic E-state index is 12.1. The highest BCUT2D eigenvalue weighted by Gasteiger charge is 2.13. The van der Waals surface area contributed by atoms with E-state index in [0.717, 1.165) is 31.1 Å². The molecule has 1 rings (SSSR count). The second kappa shape index (κ2) is 14.7. The van der Waals surface area contributed by atoms with Crippen LogP contribution < -0.4 is 16.0 Å². The lowest BCUT2D eigenvalue weighted by Crippen LogP contribution is -2.42. The van der Waals surface area contributed by atoms with Crippen molar-refractivity contribution in [1.82, 2.24) is 16.0 Å². The van der Waals surface area contributed by atoms with E-state index in [1.165, 1.54) is 0 Å². The Kier molecular flexibility index (Phi) is 13.9. The summed E-state index contributed by atoms with van der Waals surface area (Å²) >= 11 is 0. The average molecular weight is 490 g/mol. The van der Waals surface area contributed by atoms with E-state index in [0.29, 0.717) is 24.6 Å². The Bertz CT molecular complexity index is 579. The van der Waals surface area contributed by atoms with Gasteiger partial charge in [-0.15, -0.1) is 24.0 Å². The number of nitrogens with one attached hydrogen (secondary N) is 3. The molecule has 0 bridgehead atoms. The summed E-state index contributed by atoms with van der Waals surface area (Å²) in [6.07, 6.45) is 1.18. The predicted octanol–water partition coefficient (Wildman–Crippen LogP) is 2.96. The molecule has 0 heterocycles. The highest BCUT2D eigenvalue weighted by molar-refractivity contribution is 14.0. The minimum Gasteiger partial charge on any atom is -0.378 e. The molecule has 3 N–H and O–H groups in total. The lowest BCUT2D eigenvalue weighted by Gasteiger charge is -2.21. The molecule has 0 saturated carbocycles. The Morgan fingerprint density at radius 3 is 2.41 bits per heavy atom. The van der Waals surface area contributed by atoms with Crippen molar-refractivity contribution in [3.63, 3.8) is 0 Å². The number of hydrogen-bond acceptors (Lipinski definition) is 3. The first-order chi connectivity index (χ1) is 12.5. The van der Waals surface area contributed by atoms with Crippen LogP contribution in [0.3, 0.4) is 0 Å². The maximum Gasteiger partial charge on any atom is 0.251 e. The van der Waals surface area contributed by atoms with Gasteiger partial charge in [0, 0.05) is 38.9 Å². The molecule has 1 atom stereocenters. The van der Waals surface area contributed by atoms with E-state index in [1.54, 1.807) is 7.05 Å². The number of carbonyl (C=O) groups is 1. The molecule has 0 spiro atoms. The van der Waals surface area contributed by atoms with Crippen LogP contribution in [0.1, 0.15) is 43.1 Å². The standard InChI is InChI=1S/C20H34N4O2.HI/c1-6-26-18(15(2)3)10-11-23-20(21-5)24-13-12-22-19(25)17-9-7-8-16(4)14-17;/h7-9,14-15,18H,6,10-13H2,1-5H3,(H,22,25)(H2,21,23,24);1H. The molecule has 0 fully saturated rings. The van der Waals surface area contributed by atoms with Crippen molar-refractivity contribution in [3.8, 4) is 0 Å². The van der Waals surface area contributed by atoms with Crippen LogP contribution >= 0.6 is 24.0 Å². The minimum atomic E-state index is -0.0602. The summed E-state index contributed by atoms with van der Waals surface area (Å²) in [7, 11) is 1.74. The van der Waals surface area contributed by atoms with Crippen molar-refractivity contribution < 1.29 is 9.53 Å². The van der Waals surface area contributed by atoms with Crippen LogP contribution in [0.25, 0.3) is 0 Å². The number of halogens is 1. The maximum absolute atomic E-state index is 12.1. The first-order valence-electron chi connectivity index (χ1n) is 9.38. The number of aliphatic imine (C=N–C) groups is 1. The number of amides is 1. The fraction of sp³-hybridized carbons (Fsp3) is 0.600. The van der Waals surface area contributed by atoms with Gasteiger partial charge in [0.2, 0.25) is 0 Å². The number of carbonyl (C=O) groups excluding carboxylic acids is 1. The minimum absolute atomic E-state index is 0. The molecule has 27 heavy (non-hydrogen) atoms. The molecule has 1 amide bonds. The molecule has 0 saturated heterocycles. The third kappa shape index (κ3) is 10.5. The number of nitrogens with zero attached hydrogens (tertiary/aromatic N) is 1. The number of rotatable bonds is 10. The molecular weight excluding hydrogens is 455 g/mol. The fourth-order valence-electron chi connectivity index (χ4n) is 2.62. The van der Waals surface area contributed by atoms with Crippen molar-refractivity contribution in [3.05, 3.63) is 35.4 Å². The largest absolute Gasteiger partial charge is 0.378 e. The van der Waals surface area contributed by atoms with E-state index in [1.807, 2.05) is 38.1 Å². The zero-order chi connectivity index (χ0) is 19.4. The molecule has 1 aromatic rings. The topological polar surface area (TPSA) is 74.8 Å². The van der Waals surface area contributed by atoms with E-state index in [2.05, 4.69) is 34.8 Å².